The number of halogens is 1. The summed E-state index contributed by atoms with van der Waals surface area (Å²) < 4.78 is 40.8. The van der Waals surface area contributed by atoms with Crippen LogP contribution in [-0.4, -0.2) is 49.1 Å². The normalized spacial score (nSPS) is 15.2. The van der Waals surface area contributed by atoms with Crippen molar-refractivity contribution in [3.8, 4) is 11.3 Å². The summed E-state index contributed by atoms with van der Waals surface area (Å²) in [5.74, 6) is 0.316. The lowest BCUT2D eigenvalue weighted by Gasteiger charge is -2.34. The van der Waals surface area contributed by atoms with Gasteiger partial charge in [0, 0.05) is 31.7 Å². The fourth-order valence-corrected chi connectivity index (χ4v) is 5.47. The molecule has 6 nitrogen and oxygen atoms in total. The van der Waals surface area contributed by atoms with E-state index in [4.69, 9.17) is 0 Å². The second kappa shape index (κ2) is 8.60. The highest BCUT2D eigenvalue weighted by Crippen LogP contribution is 2.26. The van der Waals surface area contributed by atoms with Crippen molar-refractivity contribution in [2.75, 3.05) is 31.1 Å². The molecular formula is C24H27FN4O2S. The molecule has 4 rings (SSSR count). The molecule has 0 saturated carbocycles. The van der Waals surface area contributed by atoms with Crippen molar-refractivity contribution in [2.45, 2.75) is 32.6 Å². The maximum atomic E-state index is 13.5. The van der Waals surface area contributed by atoms with Crippen LogP contribution >= 0.6 is 0 Å². The molecule has 0 aliphatic carbocycles. The number of hydrogen-bond donors (Lipinski definition) is 0. The lowest BCUT2D eigenvalue weighted by atomic mass is 9.99. The molecule has 0 unspecified atom stereocenters. The van der Waals surface area contributed by atoms with Crippen molar-refractivity contribution < 1.29 is 12.8 Å². The Kier molecular flexibility index (Phi) is 6.01. The summed E-state index contributed by atoms with van der Waals surface area (Å²) in [5.41, 5.74) is 5.83. The zero-order chi connectivity index (χ0) is 23.0. The van der Waals surface area contributed by atoms with E-state index < -0.39 is 15.8 Å². The number of piperazine rings is 1. The highest BCUT2D eigenvalue weighted by atomic mass is 32.2. The summed E-state index contributed by atoms with van der Waals surface area (Å²) in [6.45, 7) is 9.50. The van der Waals surface area contributed by atoms with E-state index >= 15 is 0 Å². The Labute approximate surface area is 188 Å². The molecule has 8 heteroatoms. The number of aryl methyl sites for hydroxylation is 4. The molecular weight excluding hydrogens is 427 g/mol. The lowest BCUT2D eigenvalue weighted by Crippen LogP contribution is -2.49. The van der Waals surface area contributed by atoms with Gasteiger partial charge in [-0.05, 0) is 86.3 Å². The molecule has 0 atom stereocenters. The van der Waals surface area contributed by atoms with Crippen LogP contribution in [0.15, 0.2) is 47.4 Å². The average molecular weight is 455 g/mol. The van der Waals surface area contributed by atoms with Crippen LogP contribution < -0.4 is 4.90 Å². The predicted octanol–water partition coefficient (Wildman–Crippen LogP) is 4.03. The first-order chi connectivity index (χ1) is 15.2. The molecule has 0 radical (unpaired) electrons. The highest BCUT2D eigenvalue weighted by molar-refractivity contribution is 7.89. The van der Waals surface area contributed by atoms with Crippen LogP contribution in [0.3, 0.4) is 0 Å². The van der Waals surface area contributed by atoms with Crippen LogP contribution in [0.2, 0.25) is 0 Å². The van der Waals surface area contributed by atoms with Gasteiger partial charge < -0.3 is 4.90 Å². The summed E-state index contributed by atoms with van der Waals surface area (Å²) in [6.07, 6.45) is 0. The fraction of sp³-hybridized carbons (Fsp3) is 0.333. The Hall–Kier alpha value is -2.84. The van der Waals surface area contributed by atoms with Crippen LogP contribution in [0.4, 0.5) is 10.2 Å². The second-order valence-electron chi connectivity index (χ2n) is 8.33. The van der Waals surface area contributed by atoms with Gasteiger partial charge in [-0.25, -0.2) is 12.8 Å². The van der Waals surface area contributed by atoms with Gasteiger partial charge in [0.2, 0.25) is 10.0 Å². The summed E-state index contributed by atoms with van der Waals surface area (Å²) in [7, 11) is -3.66. The summed E-state index contributed by atoms with van der Waals surface area (Å²) in [4.78, 5) is 2.16. The van der Waals surface area contributed by atoms with Crippen molar-refractivity contribution in [3.05, 3.63) is 70.5 Å². The minimum atomic E-state index is -3.66. The molecule has 0 bridgehead atoms. The van der Waals surface area contributed by atoms with Gasteiger partial charge in [-0.3, -0.25) is 0 Å². The molecule has 0 spiro atoms. The van der Waals surface area contributed by atoms with Gasteiger partial charge in [0.15, 0.2) is 5.82 Å². The van der Waals surface area contributed by atoms with E-state index in [1.165, 1.54) is 33.6 Å². The smallest absolute Gasteiger partial charge is 0.243 e. The minimum absolute atomic E-state index is 0.123. The number of hydrogen-bond acceptors (Lipinski definition) is 5. The van der Waals surface area contributed by atoms with Gasteiger partial charge in [0.25, 0.3) is 0 Å². The molecule has 1 aromatic heterocycles. The topological polar surface area (TPSA) is 66.4 Å². The van der Waals surface area contributed by atoms with Gasteiger partial charge >= 0.3 is 0 Å². The van der Waals surface area contributed by atoms with Gasteiger partial charge in [-0.15, -0.1) is 10.2 Å². The molecule has 32 heavy (non-hydrogen) atoms. The number of aromatic nitrogens is 2. The Bertz CT molecular complexity index is 1250. The monoisotopic (exact) mass is 454 g/mol. The van der Waals surface area contributed by atoms with E-state index in [1.807, 2.05) is 17.0 Å². The molecule has 1 aliphatic rings. The number of benzene rings is 2. The maximum Gasteiger partial charge on any atom is 0.243 e. The zero-order valence-electron chi connectivity index (χ0n) is 18.8. The average Bonchev–Trinajstić information content (AvgIpc) is 2.78. The van der Waals surface area contributed by atoms with Crippen LogP contribution in [0.5, 0.6) is 0 Å². The van der Waals surface area contributed by atoms with Crippen molar-refractivity contribution in [3.63, 3.8) is 0 Å². The van der Waals surface area contributed by atoms with E-state index in [9.17, 15) is 12.8 Å². The minimum Gasteiger partial charge on any atom is -0.352 e. The van der Waals surface area contributed by atoms with E-state index in [1.54, 1.807) is 6.92 Å². The first kappa shape index (κ1) is 22.4. The van der Waals surface area contributed by atoms with Gasteiger partial charge in [0.05, 0.1) is 10.6 Å². The van der Waals surface area contributed by atoms with Crippen molar-refractivity contribution in [2.24, 2.45) is 0 Å². The van der Waals surface area contributed by atoms with Crippen LogP contribution in [0.25, 0.3) is 11.3 Å². The SMILES string of the molecule is Cc1cc(C)c(-c2ccc(N3CCN(S(=O)(=O)c4ccc(F)c(C)c4)CC3)nn2)cc1C. The van der Waals surface area contributed by atoms with Gasteiger partial charge in [-0.2, -0.15) is 4.31 Å². The Balaban J connectivity index is 1.46. The van der Waals surface area contributed by atoms with E-state index in [-0.39, 0.29) is 4.90 Å². The number of rotatable bonds is 4. The molecule has 0 N–H and O–H groups in total. The summed E-state index contributed by atoms with van der Waals surface area (Å²) in [5, 5.41) is 8.83. The van der Waals surface area contributed by atoms with Crippen LogP contribution in [0, 0.1) is 33.5 Å². The van der Waals surface area contributed by atoms with Gasteiger partial charge in [0.1, 0.15) is 5.82 Å². The number of nitrogens with zero attached hydrogens (tertiary/aromatic N) is 4. The van der Waals surface area contributed by atoms with E-state index in [2.05, 4.69) is 43.1 Å². The third-order valence-corrected chi connectivity index (χ3v) is 7.99. The summed E-state index contributed by atoms with van der Waals surface area (Å²) in [6, 6.07) is 12.1. The molecule has 168 valence electrons. The fourth-order valence-electron chi connectivity index (χ4n) is 3.96. The Morgan fingerprint density at radius 2 is 1.47 bits per heavy atom. The number of sulfonamides is 1. The van der Waals surface area contributed by atoms with Crippen molar-refractivity contribution >= 4 is 15.8 Å². The third-order valence-electron chi connectivity index (χ3n) is 6.10. The Morgan fingerprint density at radius 3 is 2.09 bits per heavy atom. The first-order valence-electron chi connectivity index (χ1n) is 10.6. The predicted molar refractivity (Wildman–Crippen MR) is 124 cm³/mol. The van der Waals surface area contributed by atoms with Crippen molar-refractivity contribution in [1.82, 2.24) is 14.5 Å². The van der Waals surface area contributed by atoms with Crippen LogP contribution in [0.1, 0.15) is 22.3 Å². The molecule has 1 fully saturated rings. The highest BCUT2D eigenvalue weighted by Gasteiger charge is 2.29. The quantitative estimate of drug-likeness (QED) is 0.596. The van der Waals surface area contributed by atoms with Crippen molar-refractivity contribution in [1.29, 1.82) is 0 Å². The lowest BCUT2D eigenvalue weighted by molar-refractivity contribution is 0.383. The molecule has 2 heterocycles. The molecule has 2 aromatic carbocycles. The molecule has 1 saturated heterocycles. The van der Waals surface area contributed by atoms with Crippen LogP contribution in [-0.2, 0) is 10.0 Å². The van der Waals surface area contributed by atoms with Gasteiger partial charge in [-0.1, -0.05) is 6.07 Å². The second-order valence-corrected chi connectivity index (χ2v) is 10.3. The molecule has 1 aliphatic heterocycles. The third kappa shape index (κ3) is 4.25. The largest absolute Gasteiger partial charge is 0.352 e. The Morgan fingerprint density at radius 1 is 0.781 bits per heavy atom. The van der Waals surface area contributed by atoms with E-state index in [0.29, 0.717) is 31.7 Å². The molecule has 3 aromatic rings. The maximum absolute atomic E-state index is 13.5. The first-order valence-corrected chi connectivity index (χ1v) is 12.0. The molecule has 0 amide bonds. The zero-order valence-corrected chi connectivity index (χ0v) is 19.6. The van der Waals surface area contributed by atoms with E-state index in [0.717, 1.165) is 22.6 Å². The summed E-state index contributed by atoms with van der Waals surface area (Å²) >= 11 is 0. The standard InChI is InChI=1S/C24H27FN4O2S/c1-16-13-18(3)21(15-17(16)2)23-7-8-24(27-26-23)28-9-11-29(12-10-28)32(30,31)20-5-6-22(25)19(4)14-20/h5-8,13-15H,9-12H2,1-4H3. The number of anilines is 1.